The fraction of sp³-hybridized carbons (Fsp3) is 0.462. The van der Waals surface area contributed by atoms with E-state index in [0.717, 1.165) is 0 Å². The lowest BCUT2D eigenvalue weighted by Crippen LogP contribution is -2.29. The number of ether oxygens (including phenoxy) is 1. The Hall–Kier alpha value is -1.35. The van der Waals surface area contributed by atoms with Crippen LogP contribution in [-0.2, 0) is 9.53 Å². The Balaban J connectivity index is 2.41. The van der Waals surface area contributed by atoms with Gasteiger partial charge in [-0.3, -0.25) is 4.79 Å². The molecule has 0 aliphatic rings. The molecule has 0 aliphatic carbocycles. The Morgan fingerprint density at radius 1 is 1.31 bits per heavy atom. The molecular formula is C13H19NO2. The van der Waals surface area contributed by atoms with Gasteiger partial charge in [0.05, 0.1) is 13.0 Å². The number of hydrogen-bond acceptors (Lipinski definition) is 3. The van der Waals surface area contributed by atoms with Crippen LogP contribution in [0.4, 0.5) is 0 Å². The molecule has 2 atom stereocenters. The maximum atomic E-state index is 11.2. The molecule has 0 fully saturated rings. The van der Waals surface area contributed by atoms with Gasteiger partial charge in [-0.15, -0.1) is 0 Å². The number of benzene rings is 1. The molecular weight excluding hydrogens is 202 g/mol. The standard InChI is InChI=1S/C13H19NO2/c1-10(13(15)16-3)9-14-11(2)12-7-5-4-6-8-12/h4-8,10-11,14H,9H2,1-3H3/t10-,11+/m1/s1. The first kappa shape index (κ1) is 12.7. The second-order valence-electron chi connectivity index (χ2n) is 3.96. The number of carbonyl (C=O) groups excluding carboxylic acids is 1. The maximum Gasteiger partial charge on any atom is 0.309 e. The van der Waals surface area contributed by atoms with Gasteiger partial charge in [0.25, 0.3) is 0 Å². The van der Waals surface area contributed by atoms with Crippen LogP contribution >= 0.6 is 0 Å². The van der Waals surface area contributed by atoms with E-state index in [-0.39, 0.29) is 17.9 Å². The van der Waals surface area contributed by atoms with Crippen molar-refractivity contribution in [3.63, 3.8) is 0 Å². The summed E-state index contributed by atoms with van der Waals surface area (Å²) in [5, 5.41) is 3.31. The van der Waals surface area contributed by atoms with E-state index in [1.54, 1.807) is 0 Å². The van der Waals surface area contributed by atoms with Crippen molar-refractivity contribution in [3.8, 4) is 0 Å². The zero-order chi connectivity index (χ0) is 12.0. The van der Waals surface area contributed by atoms with Gasteiger partial charge in [-0.25, -0.2) is 0 Å². The van der Waals surface area contributed by atoms with Crippen molar-refractivity contribution in [2.75, 3.05) is 13.7 Å². The summed E-state index contributed by atoms with van der Waals surface area (Å²) in [4.78, 5) is 11.2. The van der Waals surface area contributed by atoms with E-state index in [1.165, 1.54) is 12.7 Å². The van der Waals surface area contributed by atoms with Crippen LogP contribution in [0.25, 0.3) is 0 Å². The summed E-state index contributed by atoms with van der Waals surface area (Å²) in [7, 11) is 1.42. The Labute approximate surface area is 96.8 Å². The van der Waals surface area contributed by atoms with Gasteiger partial charge in [0, 0.05) is 12.6 Å². The van der Waals surface area contributed by atoms with Crippen molar-refractivity contribution in [2.45, 2.75) is 19.9 Å². The first-order valence-electron chi connectivity index (χ1n) is 5.51. The molecule has 0 heterocycles. The van der Waals surface area contributed by atoms with Gasteiger partial charge in [-0.05, 0) is 12.5 Å². The lowest BCUT2D eigenvalue weighted by atomic mass is 10.1. The molecule has 3 heteroatoms. The Morgan fingerprint density at radius 3 is 2.50 bits per heavy atom. The topological polar surface area (TPSA) is 38.3 Å². The highest BCUT2D eigenvalue weighted by Crippen LogP contribution is 2.11. The second kappa shape index (κ2) is 6.28. The van der Waals surface area contributed by atoms with Crippen LogP contribution in [0.15, 0.2) is 30.3 Å². The largest absolute Gasteiger partial charge is 0.469 e. The van der Waals surface area contributed by atoms with Crippen molar-refractivity contribution < 1.29 is 9.53 Å². The van der Waals surface area contributed by atoms with Crippen LogP contribution in [0.1, 0.15) is 25.5 Å². The van der Waals surface area contributed by atoms with Gasteiger partial charge in [0.2, 0.25) is 0 Å². The van der Waals surface area contributed by atoms with Crippen LogP contribution < -0.4 is 5.32 Å². The third kappa shape index (κ3) is 3.66. The van der Waals surface area contributed by atoms with Gasteiger partial charge < -0.3 is 10.1 Å². The van der Waals surface area contributed by atoms with Gasteiger partial charge in [0.15, 0.2) is 0 Å². The molecule has 1 aromatic carbocycles. The van der Waals surface area contributed by atoms with E-state index >= 15 is 0 Å². The zero-order valence-electron chi connectivity index (χ0n) is 10.1. The quantitative estimate of drug-likeness (QED) is 0.774. The number of nitrogens with one attached hydrogen (secondary N) is 1. The number of rotatable bonds is 5. The van der Waals surface area contributed by atoms with Crippen LogP contribution in [0.2, 0.25) is 0 Å². The Morgan fingerprint density at radius 2 is 1.94 bits per heavy atom. The highest BCUT2D eigenvalue weighted by Gasteiger charge is 2.14. The molecule has 3 nitrogen and oxygen atoms in total. The van der Waals surface area contributed by atoms with E-state index in [2.05, 4.69) is 29.1 Å². The summed E-state index contributed by atoms with van der Waals surface area (Å²) in [6.45, 7) is 4.57. The van der Waals surface area contributed by atoms with Crippen LogP contribution in [0.5, 0.6) is 0 Å². The summed E-state index contributed by atoms with van der Waals surface area (Å²) < 4.78 is 4.67. The van der Waals surface area contributed by atoms with Crippen molar-refractivity contribution in [3.05, 3.63) is 35.9 Å². The number of esters is 1. The van der Waals surface area contributed by atoms with Gasteiger partial charge in [0.1, 0.15) is 0 Å². The first-order valence-corrected chi connectivity index (χ1v) is 5.51. The Kier molecular flexibility index (Phi) is 4.99. The highest BCUT2D eigenvalue weighted by atomic mass is 16.5. The van der Waals surface area contributed by atoms with Crippen LogP contribution in [0.3, 0.4) is 0 Å². The third-order valence-electron chi connectivity index (χ3n) is 2.63. The van der Waals surface area contributed by atoms with E-state index in [9.17, 15) is 4.79 Å². The van der Waals surface area contributed by atoms with Gasteiger partial charge in [-0.2, -0.15) is 0 Å². The van der Waals surface area contributed by atoms with Crippen molar-refractivity contribution in [1.29, 1.82) is 0 Å². The number of carbonyl (C=O) groups is 1. The predicted molar refractivity (Wildman–Crippen MR) is 64.0 cm³/mol. The van der Waals surface area contributed by atoms with Gasteiger partial charge in [-0.1, -0.05) is 37.3 Å². The van der Waals surface area contributed by atoms with Crippen molar-refractivity contribution in [2.24, 2.45) is 5.92 Å². The maximum absolute atomic E-state index is 11.2. The predicted octanol–water partition coefficient (Wildman–Crippen LogP) is 2.15. The first-order chi connectivity index (χ1) is 7.65. The minimum absolute atomic E-state index is 0.115. The SMILES string of the molecule is COC(=O)[C@H](C)CN[C@@H](C)c1ccccc1. The average molecular weight is 221 g/mol. The third-order valence-corrected chi connectivity index (χ3v) is 2.63. The molecule has 1 rings (SSSR count). The highest BCUT2D eigenvalue weighted by molar-refractivity contribution is 5.72. The number of hydrogen-bond donors (Lipinski definition) is 1. The summed E-state index contributed by atoms with van der Waals surface area (Å²) >= 11 is 0. The van der Waals surface area contributed by atoms with E-state index in [1.807, 2.05) is 25.1 Å². The average Bonchev–Trinajstić information content (AvgIpc) is 2.35. The zero-order valence-corrected chi connectivity index (χ0v) is 10.1. The molecule has 0 saturated carbocycles. The molecule has 1 N–H and O–H groups in total. The summed E-state index contributed by atoms with van der Waals surface area (Å²) in [5.74, 6) is -0.288. The molecule has 0 amide bonds. The molecule has 0 spiro atoms. The summed E-state index contributed by atoms with van der Waals surface area (Å²) in [6, 6.07) is 10.4. The molecule has 1 aromatic rings. The minimum atomic E-state index is -0.173. The minimum Gasteiger partial charge on any atom is -0.469 e. The monoisotopic (exact) mass is 221 g/mol. The molecule has 0 unspecified atom stereocenters. The summed E-state index contributed by atoms with van der Waals surface area (Å²) in [5.41, 5.74) is 1.22. The molecule has 0 radical (unpaired) electrons. The smallest absolute Gasteiger partial charge is 0.309 e. The summed E-state index contributed by atoms with van der Waals surface area (Å²) in [6.07, 6.45) is 0. The molecule has 88 valence electrons. The normalized spacial score (nSPS) is 14.2. The van der Waals surface area contributed by atoms with E-state index in [0.29, 0.717) is 6.54 Å². The van der Waals surface area contributed by atoms with Crippen LogP contribution in [-0.4, -0.2) is 19.6 Å². The fourth-order valence-corrected chi connectivity index (χ4v) is 1.50. The van der Waals surface area contributed by atoms with Gasteiger partial charge >= 0.3 is 5.97 Å². The Bertz CT molecular complexity index is 324. The molecule has 0 aromatic heterocycles. The second-order valence-corrected chi connectivity index (χ2v) is 3.96. The fourth-order valence-electron chi connectivity index (χ4n) is 1.50. The molecule has 16 heavy (non-hydrogen) atoms. The number of methoxy groups -OCH3 is 1. The molecule has 0 saturated heterocycles. The van der Waals surface area contributed by atoms with Crippen molar-refractivity contribution in [1.82, 2.24) is 5.32 Å². The van der Waals surface area contributed by atoms with E-state index in [4.69, 9.17) is 0 Å². The lowest BCUT2D eigenvalue weighted by molar-refractivity contribution is -0.144. The molecule has 0 bridgehead atoms. The molecule has 0 aliphatic heterocycles. The van der Waals surface area contributed by atoms with Crippen LogP contribution in [0, 0.1) is 5.92 Å². The lowest BCUT2D eigenvalue weighted by Gasteiger charge is -2.16. The van der Waals surface area contributed by atoms with Crippen molar-refractivity contribution >= 4 is 5.97 Å². The van der Waals surface area contributed by atoms with E-state index < -0.39 is 0 Å².